The van der Waals surface area contributed by atoms with Crippen molar-refractivity contribution in [2.24, 2.45) is 5.73 Å². The van der Waals surface area contributed by atoms with Gasteiger partial charge < -0.3 is 19.6 Å². The fraction of sp³-hybridized carbons (Fsp3) is 0.188. The van der Waals surface area contributed by atoms with E-state index in [0.717, 1.165) is 38.6 Å². The van der Waals surface area contributed by atoms with Crippen LogP contribution in [0.4, 0.5) is 0 Å². The van der Waals surface area contributed by atoms with Crippen LogP contribution in [0, 0.1) is 0 Å². The molecule has 0 radical (unpaired) electrons. The van der Waals surface area contributed by atoms with Gasteiger partial charge >= 0.3 is 0 Å². The molecular weight excluding hydrogens is 346 g/mol. The van der Waals surface area contributed by atoms with Gasteiger partial charge in [0.1, 0.15) is 17.1 Å². The molecule has 0 aliphatic carbocycles. The van der Waals surface area contributed by atoms with E-state index in [-0.39, 0.29) is 0 Å². The van der Waals surface area contributed by atoms with Crippen molar-refractivity contribution < 1.29 is 9.47 Å². The van der Waals surface area contributed by atoms with E-state index in [2.05, 4.69) is 15.9 Å². The number of pyridine rings is 1. The molecule has 2 N–H and O–H groups in total. The van der Waals surface area contributed by atoms with Gasteiger partial charge in [-0.15, -0.1) is 0 Å². The maximum absolute atomic E-state index is 5.96. The third-order valence-corrected chi connectivity index (χ3v) is 4.01. The summed E-state index contributed by atoms with van der Waals surface area (Å²) in [5, 5.41) is 0. The van der Waals surface area contributed by atoms with Crippen LogP contribution < -0.4 is 15.2 Å². The van der Waals surface area contributed by atoms with Gasteiger partial charge in [-0.05, 0) is 46.3 Å². The zero-order chi connectivity index (χ0) is 15.7. The van der Waals surface area contributed by atoms with E-state index in [4.69, 9.17) is 20.2 Å². The molecule has 0 amide bonds. The first-order valence-corrected chi connectivity index (χ1v) is 7.56. The van der Waals surface area contributed by atoms with Crippen molar-refractivity contribution in [3.05, 3.63) is 46.7 Å². The Labute approximate surface area is 136 Å². The maximum atomic E-state index is 5.96. The highest BCUT2D eigenvalue weighted by molar-refractivity contribution is 9.10. The molecule has 5 nitrogen and oxygen atoms in total. The van der Waals surface area contributed by atoms with Crippen LogP contribution in [-0.2, 0) is 6.54 Å². The van der Waals surface area contributed by atoms with Crippen LogP contribution in [0.25, 0.3) is 16.9 Å². The average Bonchev–Trinajstić information content (AvgIpc) is 2.91. The van der Waals surface area contributed by atoms with E-state index >= 15 is 0 Å². The summed E-state index contributed by atoms with van der Waals surface area (Å²) in [7, 11) is 3.27. The summed E-state index contributed by atoms with van der Waals surface area (Å²) in [4.78, 5) is 4.71. The van der Waals surface area contributed by atoms with Crippen LogP contribution >= 0.6 is 15.9 Å². The number of imidazole rings is 1. The molecule has 0 saturated carbocycles. The summed E-state index contributed by atoms with van der Waals surface area (Å²) in [5.74, 6) is 1.48. The quantitative estimate of drug-likeness (QED) is 0.774. The van der Waals surface area contributed by atoms with Crippen molar-refractivity contribution in [2.75, 3.05) is 14.2 Å². The lowest BCUT2D eigenvalue weighted by Gasteiger charge is -2.10. The topological polar surface area (TPSA) is 61.8 Å². The minimum absolute atomic E-state index is 0.368. The smallest absolute Gasteiger partial charge is 0.137 e. The Balaban J connectivity index is 2.30. The molecule has 0 spiro atoms. The van der Waals surface area contributed by atoms with E-state index < -0.39 is 0 Å². The summed E-state index contributed by atoms with van der Waals surface area (Å²) < 4.78 is 13.7. The summed E-state index contributed by atoms with van der Waals surface area (Å²) in [6, 6.07) is 9.54. The van der Waals surface area contributed by atoms with Gasteiger partial charge in [-0.25, -0.2) is 4.98 Å². The van der Waals surface area contributed by atoms with Crippen LogP contribution in [0.5, 0.6) is 11.5 Å². The molecule has 0 atom stereocenters. The number of hydrogen-bond acceptors (Lipinski definition) is 4. The lowest BCUT2D eigenvalue weighted by atomic mass is 10.1. The van der Waals surface area contributed by atoms with Crippen LogP contribution in [0.2, 0.25) is 0 Å². The summed E-state index contributed by atoms with van der Waals surface area (Å²) in [6.07, 6.45) is 1.96. The minimum atomic E-state index is 0.368. The molecule has 114 valence electrons. The van der Waals surface area contributed by atoms with Gasteiger partial charge in [-0.3, -0.25) is 0 Å². The first-order chi connectivity index (χ1) is 10.7. The normalized spacial score (nSPS) is 10.9. The van der Waals surface area contributed by atoms with E-state index in [1.165, 1.54) is 0 Å². The Hall–Kier alpha value is -2.05. The number of ether oxygens (including phenoxy) is 2. The second-order valence-corrected chi connectivity index (χ2v) is 5.67. The van der Waals surface area contributed by atoms with Crippen molar-refractivity contribution >= 4 is 21.6 Å². The molecule has 2 heterocycles. The molecule has 22 heavy (non-hydrogen) atoms. The molecule has 0 aliphatic heterocycles. The average molecular weight is 362 g/mol. The van der Waals surface area contributed by atoms with Crippen molar-refractivity contribution in [3.8, 4) is 22.8 Å². The number of hydrogen-bond donors (Lipinski definition) is 1. The van der Waals surface area contributed by atoms with Crippen molar-refractivity contribution in [1.29, 1.82) is 0 Å². The highest BCUT2D eigenvalue weighted by Crippen LogP contribution is 2.35. The van der Waals surface area contributed by atoms with E-state index in [1.807, 2.05) is 40.9 Å². The number of halogens is 1. The number of aromatic nitrogens is 2. The highest BCUT2D eigenvalue weighted by Gasteiger charge is 2.17. The Morgan fingerprint density at radius 3 is 2.68 bits per heavy atom. The zero-order valence-electron chi connectivity index (χ0n) is 12.3. The number of nitrogens with two attached hydrogens (primary N) is 1. The second-order valence-electron chi connectivity index (χ2n) is 4.75. The molecule has 0 unspecified atom stereocenters. The standard InChI is InChI=1S/C16H16BrN3O2/c1-21-11-4-5-14(22-2)12(7-11)16-13(8-18)20-9-10(17)3-6-15(20)19-16/h3-7,9H,8,18H2,1-2H3. The molecule has 2 aromatic heterocycles. The Morgan fingerprint density at radius 2 is 2.00 bits per heavy atom. The molecule has 1 aromatic carbocycles. The number of methoxy groups -OCH3 is 2. The monoisotopic (exact) mass is 361 g/mol. The van der Waals surface area contributed by atoms with E-state index in [9.17, 15) is 0 Å². The fourth-order valence-corrected chi connectivity index (χ4v) is 2.81. The van der Waals surface area contributed by atoms with Crippen LogP contribution in [0.3, 0.4) is 0 Å². The molecular formula is C16H16BrN3O2. The number of nitrogens with zero attached hydrogens (tertiary/aromatic N) is 2. The Kier molecular flexibility index (Phi) is 4.04. The predicted octanol–water partition coefficient (Wildman–Crippen LogP) is 3.24. The third kappa shape index (κ3) is 2.44. The summed E-state index contributed by atoms with van der Waals surface area (Å²) >= 11 is 3.48. The van der Waals surface area contributed by atoms with Crippen molar-refractivity contribution in [1.82, 2.24) is 9.38 Å². The highest BCUT2D eigenvalue weighted by atomic mass is 79.9. The molecule has 6 heteroatoms. The van der Waals surface area contributed by atoms with Gasteiger partial charge in [0.25, 0.3) is 0 Å². The van der Waals surface area contributed by atoms with Crippen LogP contribution in [-0.4, -0.2) is 23.6 Å². The molecule has 0 saturated heterocycles. The first-order valence-electron chi connectivity index (χ1n) is 6.77. The first kappa shape index (κ1) is 14.9. The zero-order valence-corrected chi connectivity index (χ0v) is 13.9. The van der Waals surface area contributed by atoms with Gasteiger partial charge in [-0.1, -0.05) is 0 Å². The van der Waals surface area contributed by atoms with Crippen LogP contribution in [0.15, 0.2) is 41.0 Å². The lowest BCUT2D eigenvalue weighted by Crippen LogP contribution is -2.03. The van der Waals surface area contributed by atoms with E-state index in [1.54, 1.807) is 14.2 Å². The lowest BCUT2D eigenvalue weighted by molar-refractivity contribution is 0.404. The van der Waals surface area contributed by atoms with Crippen molar-refractivity contribution in [2.45, 2.75) is 6.54 Å². The number of fused-ring (bicyclic) bond motifs is 1. The Bertz CT molecular complexity index is 830. The van der Waals surface area contributed by atoms with Gasteiger partial charge in [0.2, 0.25) is 0 Å². The molecule has 3 rings (SSSR count). The van der Waals surface area contributed by atoms with E-state index in [0.29, 0.717) is 6.54 Å². The molecule has 3 aromatic rings. The second kappa shape index (κ2) is 5.98. The van der Waals surface area contributed by atoms with Gasteiger partial charge in [0, 0.05) is 22.8 Å². The predicted molar refractivity (Wildman–Crippen MR) is 89.3 cm³/mol. The molecule has 0 bridgehead atoms. The number of rotatable bonds is 4. The summed E-state index contributed by atoms with van der Waals surface area (Å²) in [6.45, 7) is 0.368. The Morgan fingerprint density at radius 1 is 1.18 bits per heavy atom. The van der Waals surface area contributed by atoms with Gasteiger partial charge in [-0.2, -0.15) is 0 Å². The maximum Gasteiger partial charge on any atom is 0.137 e. The molecule has 0 aliphatic rings. The summed E-state index contributed by atoms with van der Waals surface area (Å²) in [5.41, 5.74) is 9.38. The van der Waals surface area contributed by atoms with Gasteiger partial charge in [0.15, 0.2) is 0 Å². The van der Waals surface area contributed by atoms with Crippen molar-refractivity contribution in [3.63, 3.8) is 0 Å². The minimum Gasteiger partial charge on any atom is -0.497 e. The third-order valence-electron chi connectivity index (χ3n) is 3.54. The van der Waals surface area contributed by atoms with Gasteiger partial charge in [0.05, 0.1) is 25.6 Å². The largest absolute Gasteiger partial charge is 0.497 e. The number of benzene rings is 1. The fourth-order valence-electron chi connectivity index (χ4n) is 2.48. The SMILES string of the molecule is COc1ccc(OC)c(-c2nc3ccc(Br)cn3c2CN)c1. The molecule has 0 fully saturated rings. The van der Waals surface area contributed by atoms with Crippen LogP contribution in [0.1, 0.15) is 5.69 Å².